The lowest BCUT2D eigenvalue weighted by atomic mass is 10.1. The van der Waals surface area contributed by atoms with Crippen LogP contribution in [-0.4, -0.2) is 11.5 Å². The van der Waals surface area contributed by atoms with E-state index in [1.807, 2.05) is 30.3 Å². The van der Waals surface area contributed by atoms with E-state index in [-0.39, 0.29) is 0 Å². The second kappa shape index (κ2) is 6.35. The molecule has 0 saturated heterocycles. The van der Waals surface area contributed by atoms with Crippen LogP contribution >= 0.6 is 15.9 Å². The number of hydrogen-bond acceptors (Lipinski definition) is 3. The molecular weight excluding hydrogens is 302 g/mol. The molecule has 4 heteroatoms. The SMILES string of the molecule is CCCNc1nc(-c2ccccc2Br)ccc1C#N. The topological polar surface area (TPSA) is 48.7 Å². The van der Waals surface area contributed by atoms with E-state index in [4.69, 9.17) is 5.26 Å². The quantitative estimate of drug-likeness (QED) is 0.919. The van der Waals surface area contributed by atoms with Gasteiger partial charge in [0.2, 0.25) is 0 Å². The van der Waals surface area contributed by atoms with Crippen molar-refractivity contribution < 1.29 is 0 Å². The zero-order valence-corrected chi connectivity index (χ0v) is 12.2. The zero-order valence-electron chi connectivity index (χ0n) is 10.7. The number of pyridine rings is 1. The first-order valence-electron chi connectivity index (χ1n) is 6.16. The number of rotatable bonds is 4. The van der Waals surface area contributed by atoms with Crippen LogP contribution in [0, 0.1) is 11.3 Å². The molecule has 0 atom stereocenters. The van der Waals surface area contributed by atoms with Crippen molar-refractivity contribution >= 4 is 21.7 Å². The van der Waals surface area contributed by atoms with Gasteiger partial charge in [0.15, 0.2) is 0 Å². The Morgan fingerprint density at radius 3 is 2.74 bits per heavy atom. The molecule has 0 spiro atoms. The Morgan fingerprint density at radius 1 is 1.26 bits per heavy atom. The van der Waals surface area contributed by atoms with Gasteiger partial charge in [0.1, 0.15) is 11.9 Å². The van der Waals surface area contributed by atoms with Gasteiger partial charge in [-0.2, -0.15) is 5.26 Å². The summed E-state index contributed by atoms with van der Waals surface area (Å²) in [6, 6.07) is 13.8. The van der Waals surface area contributed by atoms with Crippen LogP contribution in [0.15, 0.2) is 40.9 Å². The van der Waals surface area contributed by atoms with E-state index in [1.54, 1.807) is 6.07 Å². The van der Waals surface area contributed by atoms with Gasteiger partial charge >= 0.3 is 0 Å². The molecule has 0 radical (unpaired) electrons. The molecule has 1 aromatic carbocycles. The molecule has 0 aliphatic carbocycles. The molecule has 0 unspecified atom stereocenters. The van der Waals surface area contributed by atoms with E-state index < -0.39 is 0 Å². The molecule has 0 amide bonds. The third-order valence-corrected chi connectivity index (χ3v) is 3.40. The predicted molar refractivity (Wildman–Crippen MR) is 80.9 cm³/mol. The van der Waals surface area contributed by atoms with Gasteiger partial charge in [-0.1, -0.05) is 41.1 Å². The molecule has 1 N–H and O–H groups in total. The molecular formula is C15H14BrN3. The highest BCUT2D eigenvalue weighted by Crippen LogP contribution is 2.28. The molecule has 0 saturated carbocycles. The molecule has 2 aromatic rings. The van der Waals surface area contributed by atoms with Gasteiger partial charge in [-0.3, -0.25) is 0 Å². The van der Waals surface area contributed by atoms with Crippen LogP contribution in [0.5, 0.6) is 0 Å². The molecule has 2 rings (SSSR count). The monoisotopic (exact) mass is 315 g/mol. The summed E-state index contributed by atoms with van der Waals surface area (Å²) in [5, 5.41) is 12.3. The van der Waals surface area contributed by atoms with Gasteiger partial charge in [0.05, 0.1) is 11.3 Å². The van der Waals surface area contributed by atoms with Crippen LogP contribution < -0.4 is 5.32 Å². The summed E-state index contributed by atoms with van der Waals surface area (Å²) < 4.78 is 0.994. The minimum Gasteiger partial charge on any atom is -0.369 e. The first-order valence-corrected chi connectivity index (χ1v) is 6.95. The smallest absolute Gasteiger partial charge is 0.144 e. The highest BCUT2D eigenvalue weighted by molar-refractivity contribution is 9.10. The van der Waals surface area contributed by atoms with Crippen LogP contribution in [0.3, 0.4) is 0 Å². The third-order valence-electron chi connectivity index (χ3n) is 2.71. The predicted octanol–water partition coefficient (Wildman–Crippen LogP) is 4.20. The molecule has 19 heavy (non-hydrogen) atoms. The Bertz CT molecular complexity index is 617. The van der Waals surface area contributed by atoms with Gasteiger partial charge in [-0.25, -0.2) is 4.98 Å². The zero-order chi connectivity index (χ0) is 13.7. The number of nitriles is 1. The summed E-state index contributed by atoms with van der Waals surface area (Å²) in [4.78, 5) is 4.55. The van der Waals surface area contributed by atoms with E-state index in [0.717, 1.165) is 28.7 Å². The fourth-order valence-corrected chi connectivity index (χ4v) is 2.23. The van der Waals surface area contributed by atoms with Crippen LogP contribution in [0.4, 0.5) is 5.82 Å². The van der Waals surface area contributed by atoms with E-state index in [0.29, 0.717) is 11.4 Å². The van der Waals surface area contributed by atoms with E-state index in [9.17, 15) is 0 Å². The van der Waals surface area contributed by atoms with Crippen molar-refractivity contribution in [3.63, 3.8) is 0 Å². The van der Waals surface area contributed by atoms with Crippen molar-refractivity contribution in [2.24, 2.45) is 0 Å². The highest BCUT2D eigenvalue weighted by Gasteiger charge is 2.08. The molecule has 1 heterocycles. The first-order chi connectivity index (χ1) is 9.26. The van der Waals surface area contributed by atoms with Gasteiger partial charge in [0, 0.05) is 16.6 Å². The first kappa shape index (κ1) is 13.6. The minimum absolute atomic E-state index is 0.573. The van der Waals surface area contributed by atoms with Gasteiger partial charge in [-0.15, -0.1) is 0 Å². The Kier molecular flexibility index (Phi) is 4.53. The van der Waals surface area contributed by atoms with Gasteiger partial charge in [-0.05, 0) is 24.6 Å². The van der Waals surface area contributed by atoms with Crippen molar-refractivity contribution in [2.75, 3.05) is 11.9 Å². The standard InChI is InChI=1S/C15H14BrN3/c1-2-9-18-15-11(10-17)7-8-14(19-15)12-5-3-4-6-13(12)16/h3-8H,2,9H2,1H3,(H,18,19). The van der Waals surface area contributed by atoms with Crippen LogP contribution in [0.25, 0.3) is 11.3 Å². The highest BCUT2D eigenvalue weighted by atomic mass is 79.9. The average molecular weight is 316 g/mol. The van der Waals surface area contributed by atoms with Crippen molar-refractivity contribution in [3.8, 4) is 17.3 Å². The Hall–Kier alpha value is -1.86. The average Bonchev–Trinajstić information content (AvgIpc) is 2.45. The lowest BCUT2D eigenvalue weighted by Crippen LogP contribution is -2.04. The number of benzene rings is 1. The van der Waals surface area contributed by atoms with Crippen LogP contribution in [-0.2, 0) is 0 Å². The maximum absolute atomic E-state index is 9.09. The van der Waals surface area contributed by atoms with Gasteiger partial charge in [0.25, 0.3) is 0 Å². The van der Waals surface area contributed by atoms with Crippen molar-refractivity contribution in [2.45, 2.75) is 13.3 Å². The fourth-order valence-electron chi connectivity index (χ4n) is 1.75. The Labute approximate surface area is 121 Å². The summed E-state index contributed by atoms with van der Waals surface area (Å²) >= 11 is 3.52. The normalized spacial score (nSPS) is 9.95. The molecule has 0 aliphatic heterocycles. The summed E-state index contributed by atoms with van der Waals surface area (Å²) in [6.45, 7) is 2.89. The Balaban J connectivity index is 2.43. The van der Waals surface area contributed by atoms with Crippen LogP contribution in [0.2, 0.25) is 0 Å². The second-order valence-corrected chi connectivity index (χ2v) is 4.97. The van der Waals surface area contributed by atoms with E-state index in [2.05, 4.69) is 39.2 Å². The largest absolute Gasteiger partial charge is 0.369 e. The minimum atomic E-state index is 0.573. The molecule has 1 aromatic heterocycles. The lowest BCUT2D eigenvalue weighted by Gasteiger charge is -2.09. The Morgan fingerprint density at radius 2 is 2.05 bits per heavy atom. The number of hydrogen-bond donors (Lipinski definition) is 1. The summed E-state index contributed by atoms with van der Waals surface area (Å²) in [6.07, 6.45) is 0.992. The molecule has 0 bridgehead atoms. The second-order valence-electron chi connectivity index (χ2n) is 4.11. The summed E-state index contributed by atoms with van der Waals surface area (Å²) in [7, 11) is 0. The number of nitrogens with one attached hydrogen (secondary N) is 1. The molecule has 3 nitrogen and oxygen atoms in total. The molecule has 0 aliphatic rings. The lowest BCUT2D eigenvalue weighted by molar-refractivity contribution is 0.968. The molecule has 96 valence electrons. The maximum Gasteiger partial charge on any atom is 0.144 e. The molecule has 0 fully saturated rings. The fraction of sp³-hybridized carbons (Fsp3) is 0.200. The van der Waals surface area contributed by atoms with Gasteiger partial charge < -0.3 is 5.32 Å². The number of aromatic nitrogens is 1. The van der Waals surface area contributed by atoms with E-state index in [1.165, 1.54) is 0 Å². The third kappa shape index (κ3) is 3.12. The number of anilines is 1. The summed E-state index contributed by atoms with van der Waals surface area (Å²) in [5.74, 6) is 0.651. The van der Waals surface area contributed by atoms with Crippen molar-refractivity contribution in [1.29, 1.82) is 5.26 Å². The van der Waals surface area contributed by atoms with Crippen molar-refractivity contribution in [1.82, 2.24) is 4.98 Å². The van der Waals surface area contributed by atoms with Crippen molar-refractivity contribution in [3.05, 3.63) is 46.4 Å². The maximum atomic E-state index is 9.09. The van der Waals surface area contributed by atoms with Crippen LogP contribution in [0.1, 0.15) is 18.9 Å². The summed E-state index contributed by atoms with van der Waals surface area (Å²) in [5.41, 5.74) is 2.45. The number of nitrogens with zero attached hydrogens (tertiary/aromatic N) is 2. The van der Waals surface area contributed by atoms with E-state index >= 15 is 0 Å². The number of halogens is 1.